The molecule has 0 spiro atoms. The SMILES string of the molecule is COc1ccc(Br)c(Nc2ccc(N)c(C(N)=O)c2)c1. The number of ether oxygens (including phenoxy) is 1. The molecule has 0 atom stereocenters. The third-order valence-electron chi connectivity index (χ3n) is 2.77. The monoisotopic (exact) mass is 335 g/mol. The lowest BCUT2D eigenvalue weighted by Gasteiger charge is -2.12. The van der Waals surface area contributed by atoms with Crippen molar-refractivity contribution in [3.05, 3.63) is 46.4 Å². The van der Waals surface area contributed by atoms with Crippen LogP contribution in [0.4, 0.5) is 17.1 Å². The second-order valence-corrected chi connectivity index (χ2v) is 4.99. The summed E-state index contributed by atoms with van der Waals surface area (Å²) in [7, 11) is 1.60. The number of hydrogen-bond acceptors (Lipinski definition) is 4. The first-order valence-electron chi connectivity index (χ1n) is 5.81. The zero-order valence-corrected chi connectivity index (χ0v) is 12.4. The van der Waals surface area contributed by atoms with E-state index in [1.807, 2.05) is 18.2 Å². The predicted molar refractivity (Wildman–Crippen MR) is 83.3 cm³/mol. The first kappa shape index (κ1) is 14.2. The van der Waals surface area contributed by atoms with Gasteiger partial charge in [0, 0.05) is 21.9 Å². The summed E-state index contributed by atoms with van der Waals surface area (Å²) in [4.78, 5) is 11.3. The van der Waals surface area contributed by atoms with Gasteiger partial charge >= 0.3 is 0 Å². The van der Waals surface area contributed by atoms with Crippen LogP contribution in [-0.4, -0.2) is 13.0 Å². The highest BCUT2D eigenvalue weighted by Crippen LogP contribution is 2.30. The maximum Gasteiger partial charge on any atom is 0.250 e. The lowest BCUT2D eigenvalue weighted by atomic mass is 10.1. The van der Waals surface area contributed by atoms with Crippen LogP contribution in [0.5, 0.6) is 5.75 Å². The van der Waals surface area contributed by atoms with Gasteiger partial charge in [0.15, 0.2) is 0 Å². The second kappa shape index (κ2) is 5.83. The van der Waals surface area contributed by atoms with Gasteiger partial charge in [-0.3, -0.25) is 4.79 Å². The molecule has 0 heterocycles. The Hall–Kier alpha value is -2.21. The molecule has 0 saturated carbocycles. The number of benzene rings is 2. The predicted octanol–water partition coefficient (Wildman–Crippen LogP) is 2.88. The van der Waals surface area contributed by atoms with Crippen LogP contribution in [0.3, 0.4) is 0 Å². The van der Waals surface area contributed by atoms with Gasteiger partial charge in [0.25, 0.3) is 5.91 Å². The number of nitrogen functional groups attached to an aromatic ring is 1. The van der Waals surface area contributed by atoms with E-state index in [0.29, 0.717) is 11.4 Å². The summed E-state index contributed by atoms with van der Waals surface area (Å²) in [5.74, 6) is 0.164. The van der Waals surface area contributed by atoms with Crippen molar-refractivity contribution in [1.29, 1.82) is 0 Å². The van der Waals surface area contributed by atoms with Crippen LogP contribution < -0.4 is 21.5 Å². The summed E-state index contributed by atoms with van der Waals surface area (Å²) in [5.41, 5.74) is 13.1. The van der Waals surface area contributed by atoms with E-state index in [0.717, 1.165) is 15.9 Å². The number of nitrogens with two attached hydrogens (primary N) is 2. The molecule has 2 aromatic carbocycles. The minimum absolute atomic E-state index is 0.286. The molecule has 6 heteroatoms. The number of primary amides is 1. The van der Waals surface area contributed by atoms with Crippen LogP contribution >= 0.6 is 15.9 Å². The van der Waals surface area contributed by atoms with E-state index in [2.05, 4.69) is 21.2 Å². The van der Waals surface area contributed by atoms with Crippen molar-refractivity contribution in [3.63, 3.8) is 0 Å². The molecule has 5 N–H and O–H groups in total. The highest BCUT2D eigenvalue weighted by molar-refractivity contribution is 9.10. The molecule has 0 saturated heterocycles. The van der Waals surface area contributed by atoms with Crippen molar-refractivity contribution in [1.82, 2.24) is 0 Å². The highest BCUT2D eigenvalue weighted by atomic mass is 79.9. The third-order valence-corrected chi connectivity index (χ3v) is 3.46. The minimum atomic E-state index is -0.559. The summed E-state index contributed by atoms with van der Waals surface area (Å²) in [5, 5.41) is 3.18. The molecule has 0 bridgehead atoms. The van der Waals surface area contributed by atoms with E-state index in [1.165, 1.54) is 0 Å². The molecular weight excluding hydrogens is 322 g/mol. The van der Waals surface area contributed by atoms with Gasteiger partial charge in [0.2, 0.25) is 0 Å². The number of amides is 1. The average Bonchev–Trinajstić information content (AvgIpc) is 2.43. The number of halogens is 1. The maximum absolute atomic E-state index is 11.3. The summed E-state index contributed by atoms with van der Waals surface area (Å²) >= 11 is 3.44. The summed E-state index contributed by atoms with van der Waals surface area (Å²) in [6.45, 7) is 0. The van der Waals surface area contributed by atoms with Gasteiger partial charge in [-0.15, -0.1) is 0 Å². The average molecular weight is 336 g/mol. The zero-order chi connectivity index (χ0) is 14.7. The highest BCUT2D eigenvalue weighted by Gasteiger charge is 2.08. The van der Waals surface area contributed by atoms with Crippen LogP contribution in [0.25, 0.3) is 0 Å². The van der Waals surface area contributed by atoms with Gasteiger partial charge in [-0.1, -0.05) is 0 Å². The number of anilines is 3. The minimum Gasteiger partial charge on any atom is -0.497 e. The molecule has 104 valence electrons. The normalized spacial score (nSPS) is 10.1. The van der Waals surface area contributed by atoms with Crippen molar-refractivity contribution >= 4 is 38.9 Å². The van der Waals surface area contributed by atoms with E-state index in [1.54, 1.807) is 25.3 Å². The molecule has 20 heavy (non-hydrogen) atoms. The maximum atomic E-state index is 11.3. The molecular formula is C14H14BrN3O2. The lowest BCUT2D eigenvalue weighted by Crippen LogP contribution is -2.13. The fourth-order valence-corrected chi connectivity index (χ4v) is 2.08. The standard InChI is InChI=1S/C14H14BrN3O2/c1-20-9-3-4-11(15)13(7-9)18-8-2-5-12(16)10(6-8)14(17)19/h2-7,18H,16H2,1H3,(H2,17,19). The number of nitrogens with one attached hydrogen (secondary N) is 1. The van der Waals surface area contributed by atoms with Gasteiger partial charge in [-0.05, 0) is 46.3 Å². The number of carbonyl (C=O) groups excluding carboxylic acids is 1. The topological polar surface area (TPSA) is 90.4 Å². The van der Waals surface area contributed by atoms with Gasteiger partial charge in [-0.2, -0.15) is 0 Å². The summed E-state index contributed by atoms with van der Waals surface area (Å²) in [6, 6.07) is 10.6. The Morgan fingerprint density at radius 1 is 1.25 bits per heavy atom. The fourth-order valence-electron chi connectivity index (χ4n) is 1.73. The van der Waals surface area contributed by atoms with E-state index in [4.69, 9.17) is 16.2 Å². The van der Waals surface area contributed by atoms with Crippen molar-refractivity contribution < 1.29 is 9.53 Å². The van der Waals surface area contributed by atoms with Crippen LogP contribution in [0.2, 0.25) is 0 Å². The second-order valence-electron chi connectivity index (χ2n) is 4.14. The van der Waals surface area contributed by atoms with Crippen LogP contribution in [0.15, 0.2) is 40.9 Å². The van der Waals surface area contributed by atoms with Gasteiger partial charge in [0.1, 0.15) is 5.75 Å². The quantitative estimate of drug-likeness (QED) is 0.749. The number of rotatable bonds is 4. The first-order chi connectivity index (χ1) is 9.51. The van der Waals surface area contributed by atoms with Crippen molar-refractivity contribution in [3.8, 4) is 5.75 Å². The molecule has 1 amide bonds. The van der Waals surface area contributed by atoms with Crippen molar-refractivity contribution in [2.75, 3.05) is 18.2 Å². The molecule has 0 radical (unpaired) electrons. The first-order valence-corrected chi connectivity index (χ1v) is 6.60. The van der Waals surface area contributed by atoms with Crippen molar-refractivity contribution in [2.24, 2.45) is 5.73 Å². The van der Waals surface area contributed by atoms with E-state index >= 15 is 0 Å². The fraction of sp³-hybridized carbons (Fsp3) is 0.0714. The van der Waals surface area contributed by atoms with Gasteiger partial charge < -0.3 is 21.5 Å². The number of hydrogen-bond donors (Lipinski definition) is 3. The van der Waals surface area contributed by atoms with E-state index < -0.39 is 5.91 Å². The van der Waals surface area contributed by atoms with Crippen LogP contribution in [0.1, 0.15) is 10.4 Å². The molecule has 0 aliphatic carbocycles. The molecule has 0 aliphatic rings. The lowest BCUT2D eigenvalue weighted by molar-refractivity contribution is 0.100. The molecule has 2 rings (SSSR count). The summed E-state index contributed by atoms with van der Waals surface area (Å²) < 4.78 is 6.04. The number of methoxy groups -OCH3 is 1. The Bertz CT molecular complexity index is 659. The Kier molecular flexibility index (Phi) is 4.14. The van der Waals surface area contributed by atoms with E-state index in [-0.39, 0.29) is 5.56 Å². The Morgan fingerprint density at radius 2 is 2.00 bits per heavy atom. The molecule has 0 fully saturated rings. The Labute approximate surface area is 125 Å². The van der Waals surface area contributed by atoms with Crippen LogP contribution in [0, 0.1) is 0 Å². The smallest absolute Gasteiger partial charge is 0.250 e. The molecule has 0 aliphatic heterocycles. The molecule has 0 unspecified atom stereocenters. The van der Waals surface area contributed by atoms with Gasteiger partial charge in [0.05, 0.1) is 18.4 Å². The molecule has 0 aromatic heterocycles. The zero-order valence-electron chi connectivity index (χ0n) is 10.8. The van der Waals surface area contributed by atoms with Crippen molar-refractivity contribution in [2.45, 2.75) is 0 Å². The molecule has 2 aromatic rings. The van der Waals surface area contributed by atoms with Gasteiger partial charge in [-0.25, -0.2) is 0 Å². The third kappa shape index (κ3) is 3.03. The largest absolute Gasteiger partial charge is 0.497 e. The van der Waals surface area contributed by atoms with E-state index in [9.17, 15) is 4.79 Å². The van der Waals surface area contributed by atoms with Crippen LogP contribution in [-0.2, 0) is 0 Å². The number of carbonyl (C=O) groups is 1. The summed E-state index contributed by atoms with van der Waals surface area (Å²) in [6.07, 6.45) is 0. The Morgan fingerprint density at radius 3 is 2.65 bits per heavy atom. The molecule has 5 nitrogen and oxygen atoms in total. The Balaban J connectivity index is 2.35.